The van der Waals surface area contributed by atoms with Gasteiger partial charge in [0.2, 0.25) is 0 Å². The zero-order valence-electron chi connectivity index (χ0n) is 13.9. The van der Waals surface area contributed by atoms with Crippen molar-refractivity contribution < 1.29 is 9.59 Å². The number of halogens is 1. The molecule has 0 radical (unpaired) electrons. The molecule has 3 aromatic rings. The molecule has 1 unspecified atom stereocenters. The molecule has 0 saturated heterocycles. The van der Waals surface area contributed by atoms with Crippen LogP contribution in [0.5, 0.6) is 0 Å². The van der Waals surface area contributed by atoms with Crippen LogP contribution in [0.15, 0.2) is 84.9 Å². The van der Waals surface area contributed by atoms with Gasteiger partial charge in [0.15, 0.2) is 0 Å². The Morgan fingerprint density at radius 2 is 1.46 bits per heavy atom. The second kappa shape index (κ2) is 8.32. The Kier molecular flexibility index (Phi) is 5.66. The largest absolute Gasteiger partial charge is 0.336 e. The molecule has 5 heteroatoms. The smallest absolute Gasteiger partial charge is 0.252 e. The van der Waals surface area contributed by atoms with Gasteiger partial charge in [0, 0.05) is 16.3 Å². The van der Waals surface area contributed by atoms with Crippen molar-refractivity contribution in [3.63, 3.8) is 0 Å². The van der Waals surface area contributed by atoms with Gasteiger partial charge in [-0.1, -0.05) is 66.2 Å². The van der Waals surface area contributed by atoms with Crippen molar-refractivity contribution in [3.05, 3.63) is 101 Å². The predicted octanol–water partition coefficient (Wildman–Crippen LogP) is 4.45. The van der Waals surface area contributed by atoms with Crippen LogP contribution in [0.1, 0.15) is 22.0 Å². The number of benzene rings is 3. The van der Waals surface area contributed by atoms with E-state index in [-0.39, 0.29) is 11.8 Å². The zero-order valence-corrected chi connectivity index (χ0v) is 14.6. The first kappa shape index (κ1) is 17.7. The summed E-state index contributed by atoms with van der Waals surface area (Å²) in [4.78, 5) is 25.3. The van der Waals surface area contributed by atoms with Crippen LogP contribution in [0.4, 0.5) is 5.69 Å². The molecule has 2 amide bonds. The summed E-state index contributed by atoms with van der Waals surface area (Å²) in [5.74, 6) is -0.663. The summed E-state index contributed by atoms with van der Waals surface area (Å²) in [6, 6.07) is 23.9. The van der Waals surface area contributed by atoms with Crippen molar-refractivity contribution in [2.75, 3.05) is 5.32 Å². The van der Waals surface area contributed by atoms with E-state index in [1.54, 1.807) is 60.7 Å². The summed E-state index contributed by atoms with van der Waals surface area (Å²) in [6.07, 6.45) is 0. The number of rotatable bonds is 5. The molecule has 4 nitrogen and oxygen atoms in total. The van der Waals surface area contributed by atoms with Crippen LogP contribution in [0.2, 0.25) is 5.02 Å². The minimum Gasteiger partial charge on any atom is -0.336 e. The molecule has 0 aliphatic heterocycles. The molecule has 3 aromatic carbocycles. The Morgan fingerprint density at radius 3 is 2.12 bits per heavy atom. The van der Waals surface area contributed by atoms with Gasteiger partial charge in [-0.3, -0.25) is 9.59 Å². The molecule has 26 heavy (non-hydrogen) atoms. The lowest BCUT2D eigenvalue weighted by Gasteiger charge is -2.19. The van der Waals surface area contributed by atoms with Crippen molar-refractivity contribution in [1.29, 1.82) is 0 Å². The highest BCUT2D eigenvalue weighted by Crippen LogP contribution is 2.19. The third kappa shape index (κ3) is 4.49. The first-order chi connectivity index (χ1) is 12.6. The van der Waals surface area contributed by atoms with Gasteiger partial charge in [-0.15, -0.1) is 0 Å². The van der Waals surface area contributed by atoms with Gasteiger partial charge in [0.25, 0.3) is 11.8 Å². The van der Waals surface area contributed by atoms with Crippen molar-refractivity contribution in [3.8, 4) is 0 Å². The maximum absolute atomic E-state index is 12.8. The number of carbonyl (C=O) groups excluding carboxylic acids is 2. The second-order valence-electron chi connectivity index (χ2n) is 5.68. The van der Waals surface area contributed by atoms with E-state index in [1.807, 2.05) is 24.3 Å². The Bertz CT molecular complexity index is 898. The molecule has 0 heterocycles. The minimum atomic E-state index is -0.831. The van der Waals surface area contributed by atoms with E-state index in [4.69, 9.17) is 11.6 Å². The molecule has 0 aliphatic rings. The molecule has 0 fully saturated rings. The van der Waals surface area contributed by atoms with Crippen molar-refractivity contribution in [2.45, 2.75) is 6.04 Å². The van der Waals surface area contributed by atoms with Gasteiger partial charge >= 0.3 is 0 Å². The van der Waals surface area contributed by atoms with Crippen molar-refractivity contribution in [1.82, 2.24) is 5.32 Å². The third-order valence-corrected chi connectivity index (χ3v) is 4.03. The maximum Gasteiger partial charge on any atom is 0.252 e. The van der Waals surface area contributed by atoms with Gasteiger partial charge < -0.3 is 10.6 Å². The fraction of sp³-hybridized carbons (Fsp3) is 0.0476. The number of amides is 2. The van der Waals surface area contributed by atoms with Crippen LogP contribution in [0.3, 0.4) is 0 Å². The quantitative estimate of drug-likeness (QED) is 0.702. The Balaban J connectivity index is 1.84. The van der Waals surface area contributed by atoms with Crippen LogP contribution in [-0.2, 0) is 4.79 Å². The first-order valence-corrected chi connectivity index (χ1v) is 8.48. The lowest BCUT2D eigenvalue weighted by Crippen LogP contribution is -2.37. The lowest BCUT2D eigenvalue weighted by atomic mass is 10.1. The van der Waals surface area contributed by atoms with Crippen LogP contribution in [0.25, 0.3) is 0 Å². The molecule has 1 atom stereocenters. The predicted molar refractivity (Wildman–Crippen MR) is 103 cm³/mol. The third-order valence-electron chi connectivity index (χ3n) is 3.80. The lowest BCUT2D eigenvalue weighted by molar-refractivity contribution is -0.118. The monoisotopic (exact) mass is 364 g/mol. The molecular weight excluding hydrogens is 348 g/mol. The van der Waals surface area contributed by atoms with Crippen molar-refractivity contribution >= 4 is 29.1 Å². The fourth-order valence-electron chi connectivity index (χ4n) is 2.53. The minimum absolute atomic E-state index is 0.319. The average Bonchev–Trinajstić information content (AvgIpc) is 2.67. The van der Waals surface area contributed by atoms with Gasteiger partial charge in [0.05, 0.1) is 0 Å². The Morgan fingerprint density at radius 1 is 0.808 bits per heavy atom. The van der Waals surface area contributed by atoms with Crippen LogP contribution >= 0.6 is 11.6 Å². The van der Waals surface area contributed by atoms with Crippen molar-refractivity contribution in [2.24, 2.45) is 0 Å². The summed E-state index contributed by atoms with van der Waals surface area (Å²) in [6.45, 7) is 0. The zero-order chi connectivity index (χ0) is 18.4. The maximum atomic E-state index is 12.8. The highest BCUT2D eigenvalue weighted by molar-refractivity contribution is 6.30. The highest BCUT2D eigenvalue weighted by Gasteiger charge is 2.23. The van der Waals surface area contributed by atoms with E-state index in [0.717, 1.165) is 0 Å². The summed E-state index contributed by atoms with van der Waals surface area (Å²) < 4.78 is 0. The summed E-state index contributed by atoms with van der Waals surface area (Å²) in [5, 5.41) is 6.12. The Hall–Kier alpha value is -3.11. The molecule has 0 aliphatic carbocycles. The molecule has 0 spiro atoms. The van der Waals surface area contributed by atoms with Gasteiger partial charge in [-0.05, 0) is 35.9 Å². The Labute approximate surface area is 156 Å². The molecule has 0 aromatic heterocycles. The van der Waals surface area contributed by atoms with E-state index >= 15 is 0 Å². The number of hydrogen-bond donors (Lipinski definition) is 2. The molecular formula is C21H17ClN2O2. The van der Waals surface area contributed by atoms with E-state index in [0.29, 0.717) is 21.8 Å². The van der Waals surface area contributed by atoms with E-state index in [9.17, 15) is 9.59 Å². The summed E-state index contributed by atoms with van der Waals surface area (Å²) in [7, 11) is 0. The number of anilines is 1. The van der Waals surface area contributed by atoms with Crippen LogP contribution < -0.4 is 10.6 Å². The van der Waals surface area contributed by atoms with E-state index < -0.39 is 6.04 Å². The normalized spacial score (nSPS) is 11.4. The molecule has 0 saturated carbocycles. The second-order valence-corrected chi connectivity index (χ2v) is 6.12. The van der Waals surface area contributed by atoms with Crippen LogP contribution in [0, 0.1) is 0 Å². The molecule has 2 N–H and O–H groups in total. The van der Waals surface area contributed by atoms with E-state index in [2.05, 4.69) is 10.6 Å². The number of hydrogen-bond acceptors (Lipinski definition) is 2. The number of nitrogens with one attached hydrogen (secondary N) is 2. The molecule has 3 rings (SSSR count). The topological polar surface area (TPSA) is 58.2 Å². The average molecular weight is 365 g/mol. The fourth-order valence-corrected chi connectivity index (χ4v) is 2.72. The molecule has 0 bridgehead atoms. The highest BCUT2D eigenvalue weighted by atomic mass is 35.5. The summed E-state index contributed by atoms with van der Waals surface area (Å²) >= 11 is 5.97. The van der Waals surface area contributed by atoms with Gasteiger partial charge in [-0.25, -0.2) is 0 Å². The van der Waals surface area contributed by atoms with Gasteiger partial charge in [-0.2, -0.15) is 0 Å². The van der Waals surface area contributed by atoms with E-state index in [1.165, 1.54) is 0 Å². The standard InChI is InChI=1S/C21H17ClN2O2/c22-17-12-7-13-18(14-17)23-21(26)19(15-8-3-1-4-9-15)24-20(25)16-10-5-2-6-11-16/h1-14,19H,(H,23,26)(H,24,25). The SMILES string of the molecule is O=C(NC(C(=O)Nc1cccc(Cl)c1)c1ccccc1)c1ccccc1. The van der Waals surface area contributed by atoms with Crippen LogP contribution in [-0.4, -0.2) is 11.8 Å². The first-order valence-electron chi connectivity index (χ1n) is 8.11. The molecule has 130 valence electrons. The van der Waals surface area contributed by atoms with Gasteiger partial charge in [0.1, 0.15) is 6.04 Å². The number of carbonyl (C=O) groups is 2. The summed E-state index contributed by atoms with van der Waals surface area (Å²) in [5.41, 5.74) is 1.75.